The number of para-hydroxylation sites is 1. The number of azide groups is 1. The second-order valence-corrected chi connectivity index (χ2v) is 10.7. The van der Waals surface area contributed by atoms with Gasteiger partial charge in [-0.2, -0.15) is 0 Å². The number of rotatable bonds is 6. The largest absolute Gasteiger partial charge is 0.507 e. The Balaban J connectivity index is 1.44. The zero-order chi connectivity index (χ0) is 25.4. The molecule has 2 unspecified atom stereocenters. The van der Waals surface area contributed by atoms with E-state index in [-0.39, 0.29) is 23.0 Å². The first-order valence-corrected chi connectivity index (χ1v) is 13.2. The van der Waals surface area contributed by atoms with Gasteiger partial charge in [-0.3, -0.25) is 14.7 Å². The molecule has 0 spiro atoms. The number of aromatic nitrogens is 1. The number of amides is 1. The molecule has 3 aliphatic heterocycles. The summed E-state index contributed by atoms with van der Waals surface area (Å²) >= 11 is 1.95. The standard InChI is InChI=1S/C26H27IN6O3/c1-2-14-13-33-9-7-15(14)10-22(33)25(35)17-6-8-29-24-16(17)4-3-5-20(24)30-26(36)18-11-19(27)21(31-32-28)12-23(18)34/h3-6,8,11-12,14-15,22,25,34-35H,2,7,9-10,13H2,1H3,(H,30,36)/t14-,15-,22?,25+/m0/s1. The van der Waals surface area contributed by atoms with E-state index in [0.29, 0.717) is 26.6 Å². The molecule has 3 aliphatic rings. The molecule has 9 nitrogen and oxygen atoms in total. The molecule has 3 N–H and O–H groups in total. The molecule has 1 aromatic heterocycles. The van der Waals surface area contributed by atoms with Crippen molar-refractivity contribution >= 4 is 50.8 Å². The number of hydrogen-bond acceptors (Lipinski definition) is 6. The van der Waals surface area contributed by atoms with Crippen LogP contribution in [0.5, 0.6) is 5.75 Å². The van der Waals surface area contributed by atoms with Crippen molar-refractivity contribution in [3.8, 4) is 5.75 Å². The quantitative estimate of drug-likeness (QED) is 0.141. The number of piperidine rings is 3. The van der Waals surface area contributed by atoms with Crippen LogP contribution in [0, 0.1) is 15.4 Å². The number of nitrogens with zero attached hydrogens (tertiary/aromatic N) is 5. The molecule has 2 aromatic carbocycles. The average molecular weight is 598 g/mol. The Labute approximate surface area is 222 Å². The van der Waals surface area contributed by atoms with Gasteiger partial charge >= 0.3 is 0 Å². The zero-order valence-corrected chi connectivity index (χ0v) is 22.0. The van der Waals surface area contributed by atoms with Crippen molar-refractivity contribution in [3.05, 3.63) is 67.7 Å². The molecule has 10 heteroatoms. The molecule has 3 saturated heterocycles. The van der Waals surface area contributed by atoms with E-state index in [1.807, 2.05) is 40.8 Å². The minimum atomic E-state index is -0.652. The van der Waals surface area contributed by atoms with E-state index >= 15 is 0 Å². The number of halogens is 1. The number of aliphatic hydroxyl groups is 1. The monoisotopic (exact) mass is 598 g/mol. The summed E-state index contributed by atoms with van der Waals surface area (Å²) in [6.45, 7) is 4.31. The average Bonchev–Trinajstić information content (AvgIpc) is 2.90. The van der Waals surface area contributed by atoms with Crippen LogP contribution in [0.3, 0.4) is 0 Å². The lowest BCUT2D eigenvalue weighted by molar-refractivity contribution is -0.0562. The first-order valence-electron chi connectivity index (χ1n) is 12.1. The number of hydrogen-bond donors (Lipinski definition) is 3. The van der Waals surface area contributed by atoms with Crippen LogP contribution < -0.4 is 5.32 Å². The SMILES string of the molecule is CC[C@H]1CN2CC[C@H]1CC2[C@H](O)c1ccnc2c(NC(=O)c3cc(I)c(N=[N+]=[N-])cc3O)cccc12. The number of pyridine rings is 1. The topological polar surface area (TPSA) is 134 Å². The predicted octanol–water partition coefficient (Wildman–Crippen LogP) is 5.89. The highest BCUT2D eigenvalue weighted by molar-refractivity contribution is 14.1. The number of anilines is 1. The van der Waals surface area contributed by atoms with Crippen LogP contribution in [0.1, 0.15) is 48.2 Å². The lowest BCUT2D eigenvalue weighted by Gasteiger charge is -2.51. The number of aliphatic hydroxyl groups excluding tert-OH is 1. The Bertz CT molecular complexity index is 1380. The minimum absolute atomic E-state index is 0.0565. The highest BCUT2D eigenvalue weighted by Gasteiger charge is 2.42. The number of phenols is 1. The van der Waals surface area contributed by atoms with Crippen LogP contribution in [0.2, 0.25) is 0 Å². The number of phenolic OH excluding ortho intramolecular Hbond substituents is 1. The number of nitrogens with one attached hydrogen (secondary N) is 1. The summed E-state index contributed by atoms with van der Waals surface area (Å²) in [7, 11) is 0. The van der Waals surface area contributed by atoms with Gasteiger partial charge in [0.1, 0.15) is 5.75 Å². The van der Waals surface area contributed by atoms with Crippen molar-refractivity contribution in [2.24, 2.45) is 17.0 Å². The van der Waals surface area contributed by atoms with Gasteiger partial charge in [0.2, 0.25) is 0 Å². The van der Waals surface area contributed by atoms with Gasteiger partial charge in [-0.25, -0.2) is 0 Å². The van der Waals surface area contributed by atoms with Gasteiger partial charge in [0.25, 0.3) is 5.91 Å². The predicted molar refractivity (Wildman–Crippen MR) is 146 cm³/mol. The van der Waals surface area contributed by atoms with Gasteiger partial charge in [0, 0.05) is 32.7 Å². The number of aromatic hydroxyl groups is 1. The second kappa shape index (κ2) is 10.2. The van der Waals surface area contributed by atoms with Gasteiger partial charge < -0.3 is 15.5 Å². The van der Waals surface area contributed by atoms with Gasteiger partial charge in [-0.05, 0) is 89.2 Å². The summed E-state index contributed by atoms with van der Waals surface area (Å²) in [5.74, 6) is 0.563. The molecular formula is C26H27IN6O3. The molecule has 1 amide bonds. The van der Waals surface area contributed by atoms with E-state index in [2.05, 4.69) is 32.2 Å². The lowest BCUT2D eigenvalue weighted by atomic mass is 9.72. The molecule has 2 bridgehead atoms. The lowest BCUT2D eigenvalue weighted by Crippen LogP contribution is -2.55. The van der Waals surface area contributed by atoms with Crippen LogP contribution in [0.4, 0.5) is 11.4 Å². The third-order valence-corrected chi connectivity index (χ3v) is 8.52. The van der Waals surface area contributed by atoms with Crippen molar-refractivity contribution in [2.45, 2.75) is 38.3 Å². The van der Waals surface area contributed by atoms with Crippen molar-refractivity contribution in [1.29, 1.82) is 0 Å². The van der Waals surface area contributed by atoms with Crippen LogP contribution >= 0.6 is 22.6 Å². The van der Waals surface area contributed by atoms with Crippen LogP contribution in [-0.4, -0.2) is 45.1 Å². The Kier molecular flexibility index (Phi) is 7.03. The van der Waals surface area contributed by atoms with Crippen molar-refractivity contribution in [3.63, 3.8) is 0 Å². The normalized spacial score (nSPS) is 23.8. The van der Waals surface area contributed by atoms with E-state index in [1.54, 1.807) is 12.3 Å². The first-order chi connectivity index (χ1) is 17.4. The molecule has 36 heavy (non-hydrogen) atoms. The summed E-state index contributed by atoms with van der Waals surface area (Å²) in [5, 5.41) is 29.0. The molecule has 3 aromatic rings. The molecule has 6 rings (SSSR count). The van der Waals surface area contributed by atoms with E-state index < -0.39 is 12.0 Å². The third kappa shape index (κ3) is 4.50. The van der Waals surface area contributed by atoms with E-state index in [0.717, 1.165) is 30.5 Å². The van der Waals surface area contributed by atoms with Gasteiger partial charge in [0.05, 0.1) is 28.6 Å². The smallest absolute Gasteiger partial charge is 0.259 e. The summed E-state index contributed by atoms with van der Waals surface area (Å²) in [6, 6.07) is 10.2. The Hall–Kier alpha value is -2.92. The van der Waals surface area contributed by atoms with Crippen molar-refractivity contribution in [1.82, 2.24) is 9.88 Å². The highest BCUT2D eigenvalue weighted by atomic mass is 127. The second-order valence-electron chi connectivity index (χ2n) is 9.53. The molecule has 0 radical (unpaired) electrons. The summed E-state index contributed by atoms with van der Waals surface area (Å²) < 4.78 is 0.539. The fourth-order valence-corrected chi connectivity index (χ4v) is 6.36. The Morgan fingerprint density at radius 2 is 2.22 bits per heavy atom. The zero-order valence-electron chi connectivity index (χ0n) is 19.8. The Morgan fingerprint density at radius 3 is 2.94 bits per heavy atom. The Morgan fingerprint density at radius 1 is 1.39 bits per heavy atom. The molecule has 4 heterocycles. The van der Waals surface area contributed by atoms with E-state index in [4.69, 9.17) is 5.53 Å². The summed E-state index contributed by atoms with van der Waals surface area (Å²) in [6.07, 6.45) is 4.38. The number of fused-ring (bicyclic) bond motifs is 4. The van der Waals surface area contributed by atoms with Gasteiger partial charge in [-0.15, -0.1) is 0 Å². The number of benzene rings is 2. The summed E-state index contributed by atoms with van der Waals surface area (Å²) in [4.78, 5) is 22.7. The van der Waals surface area contributed by atoms with Gasteiger partial charge in [0.15, 0.2) is 0 Å². The maximum Gasteiger partial charge on any atom is 0.259 e. The molecule has 5 atom stereocenters. The molecular weight excluding hydrogens is 571 g/mol. The molecule has 3 fully saturated rings. The van der Waals surface area contributed by atoms with Crippen molar-refractivity contribution < 1.29 is 15.0 Å². The van der Waals surface area contributed by atoms with Crippen LogP contribution in [0.15, 0.2) is 47.7 Å². The van der Waals surface area contributed by atoms with E-state index in [1.165, 1.54) is 25.0 Å². The maximum atomic E-state index is 13.1. The van der Waals surface area contributed by atoms with Crippen LogP contribution in [-0.2, 0) is 0 Å². The minimum Gasteiger partial charge on any atom is -0.507 e. The van der Waals surface area contributed by atoms with Gasteiger partial charge in [-0.1, -0.05) is 30.6 Å². The highest BCUT2D eigenvalue weighted by Crippen LogP contribution is 2.43. The number of carbonyl (C=O) groups is 1. The number of carbonyl (C=O) groups excluding carboxylic acids is 1. The third-order valence-electron chi connectivity index (χ3n) is 7.66. The maximum absolute atomic E-state index is 13.1. The molecule has 186 valence electrons. The fraction of sp³-hybridized carbons (Fsp3) is 0.385. The van der Waals surface area contributed by atoms with Crippen molar-refractivity contribution in [2.75, 3.05) is 18.4 Å². The fourth-order valence-electron chi connectivity index (χ4n) is 5.78. The van der Waals surface area contributed by atoms with E-state index in [9.17, 15) is 15.0 Å². The molecule has 0 aliphatic carbocycles. The summed E-state index contributed by atoms with van der Waals surface area (Å²) in [5.41, 5.74) is 10.8. The first kappa shape index (κ1) is 24.8. The van der Waals surface area contributed by atoms with Crippen LogP contribution in [0.25, 0.3) is 21.3 Å². The molecule has 0 saturated carbocycles.